The Morgan fingerprint density at radius 3 is 2.86 bits per heavy atom. The van der Waals surface area contributed by atoms with Gasteiger partial charge in [0.05, 0.1) is 0 Å². The summed E-state index contributed by atoms with van der Waals surface area (Å²) in [4.78, 5) is 4.15. The molecular weight excluding hydrogens is 328 g/mol. The molecule has 0 spiro atoms. The van der Waals surface area contributed by atoms with Gasteiger partial charge >= 0.3 is 0 Å². The maximum Gasteiger partial charge on any atom is 0.148 e. The molecule has 0 fully saturated rings. The quantitative estimate of drug-likeness (QED) is 0.815. The second-order valence-corrected chi connectivity index (χ2v) is 5.57. The number of ether oxygens (including phenoxy) is 1. The van der Waals surface area contributed by atoms with Crippen molar-refractivity contribution in [3.05, 3.63) is 57.8 Å². The summed E-state index contributed by atoms with van der Waals surface area (Å²) >= 11 is 3.48. The van der Waals surface area contributed by atoms with Gasteiger partial charge in [0.15, 0.2) is 0 Å². The third-order valence-corrected chi connectivity index (χ3v) is 3.61. The van der Waals surface area contributed by atoms with Crippen LogP contribution in [0.4, 0.5) is 0 Å². The highest BCUT2D eigenvalue weighted by atomic mass is 79.9. The van der Waals surface area contributed by atoms with Crippen LogP contribution in [0.3, 0.4) is 0 Å². The SMILES string of the molecule is C#CCOc1ccc(Br)cc1CNCc1cnccc1C. The number of hydrogen-bond acceptors (Lipinski definition) is 3. The lowest BCUT2D eigenvalue weighted by Crippen LogP contribution is -2.14. The molecule has 1 aromatic heterocycles. The van der Waals surface area contributed by atoms with Gasteiger partial charge in [-0.2, -0.15) is 0 Å². The molecular formula is C17H17BrN2O. The Bertz CT molecular complexity index is 649. The fraction of sp³-hybridized carbons (Fsp3) is 0.235. The number of halogens is 1. The highest BCUT2D eigenvalue weighted by molar-refractivity contribution is 9.10. The van der Waals surface area contributed by atoms with Gasteiger partial charge < -0.3 is 10.1 Å². The lowest BCUT2D eigenvalue weighted by Gasteiger charge is -2.12. The first-order chi connectivity index (χ1) is 10.2. The zero-order valence-corrected chi connectivity index (χ0v) is 13.5. The van der Waals surface area contributed by atoms with E-state index in [1.54, 1.807) is 6.20 Å². The van der Waals surface area contributed by atoms with Crippen molar-refractivity contribution in [2.24, 2.45) is 0 Å². The third-order valence-electron chi connectivity index (χ3n) is 3.11. The van der Waals surface area contributed by atoms with E-state index in [1.165, 1.54) is 11.1 Å². The second-order valence-electron chi connectivity index (χ2n) is 4.65. The lowest BCUT2D eigenvalue weighted by atomic mass is 10.1. The summed E-state index contributed by atoms with van der Waals surface area (Å²) in [6.07, 6.45) is 8.93. The first-order valence-corrected chi connectivity index (χ1v) is 7.45. The van der Waals surface area contributed by atoms with E-state index >= 15 is 0 Å². The van der Waals surface area contributed by atoms with Crippen LogP contribution in [0.2, 0.25) is 0 Å². The van der Waals surface area contributed by atoms with Crippen LogP contribution in [0.5, 0.6) is 5.75 Å². The summed E-state index contributed by atoms with van der Waals surface area (Å²) < 4.78 is 6.58. The summed E-state index contributed by atoms with van der Waals surface area (Å²) in [5.74, 6) is 3.30. The molecule has 21 heavy (non-hydrogen) atoms. The van der Waals surface area contributed by atoms with E-state index in [9.17, 15) is 0 Å². The van der Waals surface area contributed by atoms with Gasteiger partial charge in [-0.1, -0.05) is 21.9 Å². The van der Waals surface area contributed by atoms with Crippen molar-refractivity contribution >= 4 is 15.9 Å². The normalized spacial score (nSPS) is 10.1. The Labute approximate surface area is 133 Å². The lowest BCUT2D eigenvalue weighted by molar-refractivity contribution is 0.364. The molecule has 0 aliphatic rings. The summed E-state index contributed by atoms with van der Waals surface area (Å²) in [5.41, 5.74) is 3.50. The molecule has 2 rings (SSSR count). The molecule has 108 valence electrons. The minimum atomic E-state index is 0.274. The molecule has 0 amide bonds. The molecule has 0 saturated carbocycles. The number of benzene rings is 1. The average molecular weight is 345 g/mol. The number of rotatable bonds is 6. The molecule has 1 aromatic carbocycles. The van der Waals surface area contributed by atoms with Crippen LogP contribution in [-0.4, -0.2) is 11.6 Å². The van der Waals surface area contributed by atoms with Crippen molar-refractivity contribution in [3.8, 4) is 18.1 Å². The first-order valence-electron chi connectivity index (χ1n) is 6.65. The third kappa shape index (κ3) is 4.59. The number of aryl methyl sites for hydroxylation is 1. The minimum absolute atomic E-state index is 0.274. The van der Waals surface area contributed by atoms with E-state index in [1.807, 2.05) is 30.5 Å². The van der Waals surface area contributed by atoms with E-state index in [0.717, 1.165) is 22.3 Å². The van der Waals surface area contributed by atoms with Crippen molar-refractivity contribution in [1.82, 2.24) is 10.3 Å². The predicted octanol–water partition coefficient (Wildman–Crippen LogP) is 3.45. The monoisotopic (exact) mass is 344 g/mol. The largest absolute Gasteiger partial charge is 0.481 e. The van der Waals surface area contributed by atoms with Gasteiger partial charge in [-0.3, -0.25) is 4.98 Å². The topological polar surface area (TPSA) is 34.1 Å². The number of nitrogens with zero attached hydrogens (tertiary/aromatic N) is 1. The molecule has 0 atom stereocenters. The molecule has 2 aromatic rings. The molecule has 0 saturated heterocycles. The maximum absolute atomic E-state index is 5.56. The van der Waals surface area contributed by atoms with E-state index in [-0.39, 0.29) is 6.61 Å². The highest BCUT2D eigenvalue weighted by Crippen LogP contribution is 2.23. The van der Waals surface area contributed by atoms with Gasteiger partial charge in [-0.05, 0) is 42.3 Å². The van der Waals surface area contributed by atoms with Gasteiger partial charge in [0, 0.05) is 35.5 Å². The maximum atomic E-state index is 5.56. The Balaban J connectivity index is 2.01. The molecule has 0 radical (unpaired) electrons. The van der Waals surface area contributed by atoms with Gasteiger partial charge in [0.2, 0.25) is 0 Å². The Morgan fingerprint density at radius 1 is 1.29 bits per heavy atom. The number of terminal acetylenes is 1. The molecule has 1 heterocycles. The van der Waals surface area contributed by atoms with E-state index in [0.29, 0.717) is 6.54 Å². The van der Waals surface area contributed by atoms with Crippen LogP contribution >= 0.6 is 15.9 Å². The number of pyridine rings is 1. The Morgan fingerprint density at radius 2 is 2.10 bits per heavy atom. The van der Waals surface area contributed by atoms with Crippen LogP contribution in [-0.2, 0) is 13.1 Å². The fourth-order valence-electron chi connectivity index (χ4n) is 1.96. The Hall–Kier alpha value is -1.83. The smallest absolute Gasteiger partial charge is 0.148 e. The zero-order valence-electron chi connectivity index (χ0n) is 11.9. The number of hydrogen-bond donors (Lipinski definition) is 1. The van der Waals surface area contributed by atoms with Crippen molar-refractivity contribution in [3.63, 3.8) is 0 Å². The summed E-state index contributed by atoms with van der Waals surface area (Å²) in [6.45, 7) is 3.82. The molecule has 0 bridgehead atoms. The van der Waals surface area contributed by atoms with Crippen LogP contribution in [0.15, 0.2) is 41.1 Å². The van der Waals surface area contributed by atoms with Gasteiger partial charge in [0.25, 0.3) is 0 Å². The van der Waals surface area contributed by atoms with E-state index < -0.39 is 0 Å². The predicted molar refractivity (Wildman–Crippen MR) is 88.0 cm³/mol. The van der Waals surface area contributed by atoms with Crippen molar-refractivity contribution in [2.75, 3.05) is 6.61 Å². The van der Waals surface area contributed by atoms with Crippen LogP contribution < -0.4 is 10.1 Å². The number of nitrogens with one attached hydrogen (secondary N) is 1. The molecule has 0 aliphatic heterocycles. The highest BCUT2D eigenvalue weighted by Gasteiger charge is 2.05. The molecule has 4 heteroatoms. The second kappa shape index (κ2) is 7.82. The zero-order chi connectivity index (χ0) is 15.1. The molecule has 0 aliphatic carbocycles. The molecule has 1 N–H and O–H groups in total. The summed E-state index contributed by atoms with van der Waals surface area (Å²) in [5, 5.41) is 3.41. The Kier molecular flexibility index (Phi) is 5.79. The van der Waals surface area contributed by atoms with E-state index in [4.69, 9.17) is 11.2 Å². The standard InChI is InChI=1S/C17H17BrN2O/c1-3-8-21-17-5-4-16(18)9-14(17)10-20-12-15-11-19-7-6-13(15)2/h1,4-7,9,11,20H,8,10,12H2,2H3. The molecule has 0 unspecified atom stereocenters. The average Bonchev–Trinajstić information content (AvgIpc) is 2.48. The van der Waals surface area contributed by atoms with Crippen molar-refractivity contribution in [2.45, 2.75) is 20.0 Å². The van der Waals surface area contributed by atoms with Crippen LogP contribution in [0.1, 0.15) is 16.7 Å². The fourth-order valence-corrected chi connectivity index (χ4v) is 2.37. The van der Waals surface area contributed by atoms with Crippen molar-refractivity contribution in [1.29, 1.82) is 0 Å². The first kappa shape index (κ1) is 15.6. The summed E-state index contributed by atoms with van der Waals surface area (Å²) in [7, 11) is 0. The van der Waals surface area contributed by atoms with Crippen molar-refractivity contribution < 1.29 is 4.74 Å². The van der Waals surface area contributed by atoms with Gasteiger partial charge in [0.1, 0.15) is 12.4 Å². The van der Waals surface area contributed by atoms with Gasteiger partial charge in [-0.15, -0.1) is 6.42 Å². The van der Waals surface area contributed by atoms with Crippen LogP contribution in [0.25, 0.3) is 0 Å². The van der Waals surface area contributed by atoms with E-state index in [2.05, 4.69) is 39.1 Å². The van der Waals surface area contributed by atoms with Crippen LogP contribution in [0, 0.1) is 19.3 Å². The molecule has 3 nitrogen and oxygen atoms in total. The number of aromatic nitrogens is 1. The minimum Gasteiger partial charge on any atom is -0.481 e. The summed E-state index contributed by atoms with van der Waals surface area (Å²) in [6, 6.07) is 7.92. The van der Waals surface area contributed by atoms with Gasteiger partial charge in [-0.25, -0.2) is 0 Å².